The Morgan fingerprint density at radius 1 is 0.878 bits per heavy atom. The van der Waals surface area contributed by atoms with Crippen LogP contribution in [-0.2, 0) is 29.3 Å². The Morgan fingerprint density at radius 2 is 1.59 bits per heavy atom. The van der Waals surface area contributed by atoms with Gasteiger partial charge in [0.05, 0.1) is 6.54 Å². The Balaban J connectivity index is 1.03. The molecule has 0 saturated carbocycles. The maximum atomic E-state index is 13.6. The van der Waals surface area contributed by atoms with Gasteiger partial charge >= 0.3 is 0 Å². The summed E-state index contributed by atoms with van der Waals surface area (Å²) in [5.74, 6) is -1.50. The highest BCUT2D eigenvalue weighted by Gasteiger charge is 2.40. The summed E-state index contributed by atoms with van der Waals surface area (Å²) >= 11 is 0. The molecule has 0 aliphatic carbocycles. The first-order valence-corrected chi connectivity index (χ1v) is 13.7. The summed E-state index contributed by atoms with van der Waals surface area (Å²) in [6.45, 7) is 4.33. The lowest BCUT2D eigenvalue weighted by molar-refractivity contribution is -0.136. The quantitative estimate of drug-likeness (QED) is 0.445. The van der Waals surface area contributed by atoms with Crippen molar-refractivity contribution < 1.29 is 27.9 Å². The summed E-state index contributed by atoms with van der Waals surface area (Å²) in [5.41, 5.74) is 3.98. The standard InChI is InChI=1S/C31H30F2N4O4/c32-22-14-23(33)16-24(15-22)36-12-10-35(11-13-36)17-20-4-6-21(7-5-20)19-41-28-3-1-2-25-26(28)18-37(31(25)40)27-8-9-29(38)34-30(27)39/h1-7,14-16,27H,8-13,17-19H2,(H,34,38,39). The van der Waals surface area contributed by atoms with Gasteiger partial charge in [0.1, 0.15) is 30.0 Å². The summed E-state index contributed by atoms with van der Waals surface area (Å²) in [7, 11) is 0. The fraction of sp³-hybridized carbons (Fsp3) is 0.323. The lowest BCUT2D eigenvalue weighted by Gasteiger charge is -2.36. The molecule has 0 spiro atoms. The molecule has 3 aliphatic heterocycles. The van der Waals surface area contributed by atoms with Crippen molar-refractivity contribution in [3.63, 3.8) is 0 Å². The molecule has 0 bridgehead atoms. The van der Waals surface area contributed by atoms with Crippen molar-refractivity contribution >= 4 is 23.4 Å². The van der Waals surface area contributed by atoms with Gasteiger partial charge in [-0.05, 0) is 41.8 Å². The third kappa shape index (κ3) is 5.78. The second kappa shape index (κ2) is 11.3. The number of nitrogens with zero attached hydrogens (tertiary/aromatic N) is 3. The van der Waals surface area contributed by atoms with Crippen LogP contribution in [0.1, 0.15) is 39.9 Å². The minimum Gasteiger partial charge on any atom is -0.489 e. The fourth-order valence-electron chi connectivity index (χ4n) is 5.74. The molecule has 1 N–H and O–H groups in total. The van der Waals surface area contributed by atoms with Crippen LogP contribution in [0.15, 0.2) is 60.7 Å². The van der Waals surface area contributed by atoms with E-state index < -0.39 is 23.6 Å². The molecular weight excluding hydrogens is 530 g/mol. The number of piperidine rings is 1. The Morgan fingerprint density at radius 3 is 2.29 bits per heavy atom. The second-order valence-corrected chi connectivity index (χ2v) is 10.7. The molecule has 6 rings (SSSR count). The Bertz CT molecular complexity index is 1470. The first-order valence-electron chi connectivity index (χ1n) is 13.7. The van der Waals surface area contributed by atoms with Gasteiger partial charge in [-0.2, -0.15) is 0 Å². The van der Waals surface area contributed by atoms with Crippen LogP contribution in [0.25, 0.3) is 0 Å². The summed E-state index contributed by atoms with van der Waals surface area (Å²) in [6, 6.07) is 16.5. The molecule has 1 unspecified atom stereocenters. The maximum Gasteiger partial charge on any atom is 0.255 e. The molecule has 2 saturated heterocycles. The molecule has 1 atom stereocenters. The minimum absolute atomic E-state index is 0.211. The molecule has 3 amide bonds. The van der Waals surface area contributed by atoms with Crippen molar-refractivity contribution in [3.8, 4) is 5.75 Å². The molecule has 3 aromatic carbocycles. The predicted molar refractivity (Wildman–Crippen MR) is 147 cm³/mol. The molecule has 3 heterocycles. The Labute approximate surface area is 236 Å². The van der Waals surface area contributed by atoms with Crippen molar-refractivity contribution in [3.05, 3.63) is 94.6 Å². The van der Waals surface area contributed by atoms with Crippen molar-refractivity contribution in [2.24, 2.45) is 0 Å². The largest absolute Gasteiger partial charge is 0.489 e. The van der Waals surface area contributed by atoms with Gasteiger partial charge in [-0.1, -0.05) is 30.3 Å². The number of halogens is 2. The van der Waals surface area contributed by atoms with E-state index in [4.69, 9.17) is 4.74 Å². The van der Waals surface area contributed by atoms with Crippen molar-refractivity contribution in [2.75, 3.05) is 31.1 Å². The first-order chi connectivity index (χ1) is 19.8. The molecule has 212 valence electrons. The number of hydrogen-bond donors (Lipinski definition) is 1. The van der Waals surface area contributed by atoms with Crippen molar-refractivity contribution in [1.29, 1.82) is 0 Å². The number of amides is 3. The summed E-state index contributed by atoms with van der Waals surface area (Å²) in [5, 5.41) is 2.32. The number of rotatable bonds is 7. The molecule has 10 heteroatoms. The van der Waals surface area contributed by atoms with Crippen LogP contribution < -0.4 is 15.0 Å². The molecule has 0 radical (unpaired) electrons. The highest BCUT2D eigenvalue weighted by molar-refractivity contribution is 6.05. The van der Waals surface area contributed by atoms with Crippen LogP contribution in [-0.4, -0.2) is 59.7 Å². The SMILES string of the molecule is O=C1CCC(N2Cc3c(OCc4ccc(CN5CCN(c6cc(F)cc(F)c6)CC5)cc4)cccc3C2=O)C(=O)N1. The van der Waals surface area contributed by atoms with Crippen LogP contribution in [0.4, 0.5) is 14.5 Å². The van der Waals surface area contributed by atoms with Crippen LogP contribution >= 0.6 is 0 Å². The number of fused-ring (bicyclic) bond motifs is 1. The van der Waals surface area contributed by atoms with E-state index in [1.807, 2.05) is 23.1 Å². The zero-order chi connectivity index (χ0) is 28.5. The number of carbonyl (C=O) groups excluding carboxylic acids is 3. The van der Waals surface area contributed by atoms with Gasteiger partial charge in [0.2, 0.25) is 11.8 Å². The number of ether oxygens (including phenoxy) is 1. The summed E-state index contributed by atoms with van der Waals surface area (Å²) in [6.07, 6.45) is 0.526. The molecule has 0 aromatic heterocycles. The number of benzene rings is 3. The predicted octanol–water partition coefficient (Wildman–Crippen LogP) is 3.63. The molecular formula is C31H30F2N4O4. The topological polar surface area (TPSA) is 82.2 Å². The van der Waals surface area contributed by atoms with E-state index in [0.29, 0.717) is 43.1 Å². The van der Waals surface area contributed by atoms with Gasteiger partial charge in [0, 0.05) is 62.0 Å². The average Bonchev–Trinajstić information content (AvgIpc) is 3.29. The van der Waals surface area contributed by atoms with Gasteiger partial charge in [-0.25, -0.2) is 8.78 Å². The number of nitrogens with one attached hydrogen (secondary N) is 1. The third-order valence-corrected chi connectivity index (χ3v) is 7.95. The number of imide groups is 1. The number of carbonyl (C=O) groups is 3. The van der Waals surface area contributed by atoms with Crippen molar-refractivity contribution in [1.82, 2.24) is 15.1 Å². The number of anilines is 1. The number of piperazine rings is 1. The average molecular weight is 561 g/mol. The van der Waals surface area contributed by atoms with E-state index in [2.05, 4.69) is 22.3 Å². The van der Waals surface area contributed by atoms with Crippen LogP contribution in [0.2, 0.25) is 0 Å². The fourth-order valence-corrected chi connectivity index (χ4v) is 5.74. The molecule has 8 nitrogen and oxygen atoms in total. The lowest BCUT2D eigenvalue weighted by Crippen LogP contribution is -2.52. The first kappa shape index (κ1) is 26.9. The monoisotopic (exact) mass is 560 g/mol. The van der Waals surface area contributed by atoms with E-state index in [1.54, 1.807) is 12.1 Å². The van der Waals surface area contributed by atoms with Crippen LogP contribution in [0, 0.1) is 11.6 Å². The highest BCUT2D eigenvalue weighted by Crippen LogP contribution is 2.34. The van der Waals surface area contributed by atoms with E-state index >= 15 is 0 Å². The summed E-state index contributed by atoms with van der Waals surface area (Å²) < 4.78 is 33.3. The van der Waals surface area contributed by atoms with Crippen LogP contribution in [0.3, 0.4) is 0 Å². The molecule has 3 aliphatic rings. The lowest BCUT2D eigenvalue weighted by atomic mass is 10.0. The zero-order valence-electron chi connectivity index (χ0n) is 22.4. The minimum atomic E-state index is -0.666. The number of hydrogen-bond acceptors (Lipinski definition) is 6. The zero-order valence-corrected chi connectivity index (χ0v) is 22.4. The normalized spacial score (nSPS) is 19.4. The van der Waals surface area contributed by atoms with Gasteiger partial charge in [-0.15, -0.1) is 0 Å². The third-order valence-electron chi connectivity index (χ3n) is 7.95. The maximum absolute atomic E-state index is 13.6. The molecule has 3 aromatic rings. The molecule has 41 heavy (non-hydrogen) atoms. The van der Waals surface area contributed by atoms with Gasteiger partial charge in [-0.3, -0.25) is 24.6 Å². The van der Waals surface area contributed by atoms with E-state index in [9.17, 15) is 23.2 Å². The smallest absolute Gasteiger partial charge is 0.255 e. The second-order valence-electron chi connectivity index (χ2n) is 10.7. The van der Waals surface area contributed by atoms with Gasteiger partial charge in [0.25, 0.3) is 5.91 Å². The summed E-state index contributed by atoms with van der Waals surface area (Å²) in [4.78, 5) is 42.7. The van der Waals surface area contributed by atoms with E-state index in [0.717, 1.165) is 42.4 Å². The Hall–Kier alpha value is -4.31. The van der Waals surface area contributed by atoms with E-state index in [-0.39, 0.29) is 24.8 Å². The van der Waals surface area contributed by atoms with Gasteiger partial charge < -0.3 is 14.5 Å². The Kier molecular flexibility index (Phi) is 7.40. The van der Waals surface area contributed by atoms with Crippen molar-refractivity contribution in [2.45, 2.75) is 38.6 Å². The van der Waals surface area contributed by atoms with Gasteiger partial charge in [0.15, 0.2) is 0 Å². The van der Waals surface area contributed by atoms with E-state index in [1.165, 1.54) is 17.0 Å². The molecule has 2 fully saturated rings. The highest BCUT2D eigenvalue weighted by atomic mass is 19.1. The van der Waals surface area contributed by atoms with Crippen LogP contribution in [0.5, 0.6) is 5.75 Å².